The van der Waals surface area contributed by atoms with E-state index in [4.69, 9.17) is 59.4 Å². The van der Waals surface area contributed by atoms with E-state index in [0.717, 1.165) is 0 Å². The number of carbonyl (C=O) groups is 6. The van der Waals surface area contributed by atoms with Crippen LogP contribution >= 0.6 is 0 Å². The molecule has 2 radical (unpaired) electrons. The normalized spacial score (nSPS) is 4.40. The van der Waals surface area contributed by atoms with Crippen molar-refractivity contribution in [3.63, 3.8) is 0 Å². The number of hydrogen-bond acceptors (Lipinski definition) is 6. The molecule has 26 N–H and O–H groups in total. The topological polar surface area (TPSA) is 539 Å². The van der Waals surface area contributed by atoms with Crippen molar-refractivity contribution in [2.24, 2.45) is 0 Å². The molecule has 22 nitrogen and oxygen atoms in total. The second-order valence-corrected chi connectivity index (χ2v) is 1.83. The van der Waals surface area contributed by atoms with E-state index in [1.807, 2.05) is 0 Å². The van der Waals surface area contributed by atoms with Gasteiger partial charge < -0.3 is 85.4 Å². The molecule has 0 aliphatic heterocycles. The zero-order chi connectivity index (χ0) is 15.5. The Hall–Kier alpha value is -0.905. The average Bonchev–Trinajstić information content (AvgIpc) is 2.18. The van der Waals surface area contributed by atoms with Gasteiger partial charge in [-0.05, 0) is 0 Å². The molecule has 0 bridgehead atoms. The van der Waals surface area contributed by atoms with Crippen molar-refractivity contribution in [1.29, 1.82) is 0 Å². The second kappa shape index (κ2) is 70.6. The van der Waals surface area contributed by atoms with Crippen molar-refractivity contribution in [1.82, 2.24) is 0 Å². The van der Waals surface area contributed by atoms with Gasteiger partial charge in [0.15, 0.2) is 0 Å². The van der Waals surface area contributed by atoms with E-state index >= 15 is 0 Å². The minimum Gasteiger partial charge on any atom is -0.473 e. The Labute approximate surface area is 228 Å². The molecular formula is C6H26O22Pm2. The van der Waals surface area contributed by atoms with Gasteiger partial charge in [-0.15, -0.1) is 0 Å². The first kappa shape index (κ1) is 116. The molecule has 0 aliphatic carbocycles. The summed E-state index contributed by atoms with van der Waals surface area (Å²) in [6, 6.07) is 0. The standard InChI is InChI=1S/3C2H2O4.10H2O.2Pm/c3*3-1(4)2(5)6;;;;;;;;;;;;/h3*(H,3,4)(H,5,6);10*1H2;;. The van der Waals surface area contributed by atoms with Crippen LogP contribution in [0.5, 0.6) is 0 Å². The van der Waals surface area contributed by atoms with Crippen LogP contribution in [0.4, 0.5) is 0 Å². The first-order chi connectivity index (χ1) is 7.93. The van der Waals surface area contributed by atoms with Gasteiger partial charge in [0.2, 0.25) is 0 Å². The van der Waals surface area contributed by atoms with E-state index < -0.39 is 35.8 Å². The third kappa shape index (κ3) is 150. The van der Waals surface area contributed by atoms with Gasteiger partial charge in [-0.3, -0.25) is 0 Å². The summed E-state index contributed by atoms with van der Waals surface area (Å²) in [5.41, 5.74) is 0. The summed E-state index contributed by atoms with van der Waals surface area (Å²) in [7, 11) is 0. The summed E-state index contributed by atoms with van der Waals surface area (Å²) in [4.78, 5) is 54.6. The molecule has 0 aromatic rings. The maximum Gasteiger partial charge on any atom is 0.414 e. The molecule has 24 heteroatoms. The number of aliphatic carboxylic acids is 6. The Bertz CT molecular complexity index is 287. The monoisotopic (exact) mass is 740 g/mol. The van der Waals surface area contributed by atoms with Crippen molar-refractivity contribution in [3.05, 3.63) is 0 Å². The molecule has 0 saturated carbocycles. The molecule has 0 rings (SSSR count). The molecule has 0 fully saturated rings. The summed E-state index contributed by atoms with van der Waals surface area (Å²) in [6.07, 6.45) is 0. The average molecular weight is 740 g/mol. The Balaban J connectivity index is -0.00000000721. The predicted octanol–water partition coefficient (Wildman–Crippen LogP) is -10.8. The van der Waals surface area contributed by atoms with Gasteiger partial charge in [-0.25, -0.2) is 28.8 Å². The van der Waals surface area contributed by atoms with Crippen LogP contribution in [-0.2, 0) is 28.8 Å². The van der Waals surface area contributed by atoms with E-state index in [9.17, 15) is 0 Å². The molecule has 192 valence electrons. The summed E-state index contributed by atoms with van der Waals surface area (Å²) in [6.45, 7) is 0. The first-order valence-corrected chi connectivity index (χ1v) is 3.32. The number of hydrogen-bond donors (Lipinski definition) is 6. The van der Waals surface area contributed by atoms with E-state index in [1.54, 1.807) is 0 Å². The maximum atomic E-state index is 9.10. The predicted molar refractivity (Wildman–Crippen MR) is 82.0 cm³/mol. The van der Waals surface area contributed by atoms with Crippen LogP contribution in [0.25, 0.3) is 0 Å². The molecule has 0 unspecified atom stereocenters. The van der Waals surface area contributed by atoms with Crippen LogP contribution in [0, 0.1) is 80.8 Å². The summed E-state index contributed by atoms with van der Waals surface area (Å²) >= 11 is 0. The van der Waals surface area contributed by atoms with Crippen LogP contribution in [0.3, 0.4) is 0 Å². The fourth-order valence-corrected chi connectivity index (χ4v) is 0. The molecule has 0 saturated heterocycles. The molecule has 0 aromatic carbocycles. The Morgan fingerprint density at radius 1 is 0.267 bits per heavy atom. The van der Waals surface area contributed by atoms with E-state index in [2.05, 4.69) is 0 Å². The summed E-state index contributed by atoms with van der Waals surface area (Å²) < 4.78 is 0. The quantitative estimate of drug-likeness (QED) is 0.126. The SMILES string of the molecule is O.O.O.O.O.O.O.O.O.O.O=C(O)C(=O)O.O=C(O)C(=O)O.O=C(O)C(=O)O.[Pm].[Pm]. The van der Waals surface area contributed by atoms with Crippen molar-refractivity contribution in [3.8, 4) is 0 Å². The molecule has 0 amide bonds. The third-order valence-electron chi connectivity index (χ3n) is 0.549. The Morgan fingerprint density at radius 2 is 0.300 bits per heavy atom. The smallest absolute Gasteiger partial charge is 0.414 e. The molecule has 0 aliphatic rings. The second-order valence-electron chi connectivity index (χ2n) is 1.83. The fourth-order valence-electron chi connectivity index (χ4n) is 0. The first-order valence-electron chi connectivity index (χ1n) is 3.32. The van der Waals surface area contributed by atoms with Crippen LogP contribution in [0.2, 0.25) is 0 Å². The van der Waals surface area contributed by atoms with Crippen LogP contribution < -0.4 is 0 Å². The Morgan fingerprint density at radius 3 is 0.300 bits per heavy atom. The fraction of sp³-hybridized carbons (Fsp3) is 0. The molecule has 0 spiro atoms. The van der Waals surface area contributed by atoms with Crippen molar-refractivity contribution < 1.29 is 195 Å². The van der Waals surface area contributed by atoms with Crippen LogP contribution in [-0.4, -0.2) is 121 Å². The Kier molecular flexibility index (Phi) is 272. The number of rotatable bonds is 0. The van der Waals surface area contributed by atoms with Gasteiger partial charge in [0.05, 0.1) is 0 Å². The largest absolute Gasteiger partial charge is 0.473 e. The maximum absolute atomic E-state index is 9.10. The zero-order valence-electron chi connectivity index (χ0n) is 14.0. The van der Waals surface area contributed by atoms with E-state index in [0.29, 0.717) is 0 Å². The molecule has 30 heavy (non-hydrogen) atoms. The van der Waals surface area contributed by atoms with Crippen LogP contribution in [0.1, 0.15) is 0 Å². The van der Waals surface area contributed by atoms with Gasteiger partial charge in [-0.1, -0.05) is 0 Å². The minimum atomic E-state index is -1.82. The molecule has 0 aromatic heterocycles. The summed E-state index contributed by atoms with van der Waals surface area (Å²) in [5.74, 6) is -10.9. The summed E-state index contributed by atoms with van der Waals surface area (Å²) in [5, 5.41) is 44.3. The van der Waals surface area contributed by atoms with Crippen molar-refractivity contribution >= 4 is 35.8 Å². The van der Waals surface area contributed by atoms with Gasteiger partial charge >= 0.3 is 35.8 Å². The molecule has 0 atom stereocenters. The van der Waals surface area contributed by atoms with Gasteiger partial charge in [-0.2, -0.15) is 0 Å². The van der Waals surface area contributed by atoms with Crippen molar-refractivity contribution in [2.75, 3.05) is 0 Å². The van der Waals surface area contributed by atoms with E-state index in [1.165, 1.54) is 0 Å². The van der Waals surface area contributed by atoms with Gasteiger partial charge in [0.1, 0.15) is 0 Å². The minimum absolute atomic E-state index is 0. The molecule has 0 heterocycles. The van der Waals surface area contributed by atoms with Crippen LogP contribution in [0.15, 0.2) is 0 Å². The van der Waals surface area contributed by atoms with Crippen molar-refractivity contribution in [2.45, 2.75) is 0 Å². The molecular weight excluding hydrogens is 714 g/mol. The van der Waals surface area contributed by atoms with Gasteiger partial charge in [0.25, 0.3) is 0 Å². The number of carboxylic acids is 6. The number of carboxylic acid groups (broad SMARTS) is 6. The van der Waals surface area contributed by atoms with Gasteiger partial charge in [0, 0.05) is 80.8 Å². The zero-order valence-corrected chi connectivity index (χ0v) is 19.8. The van der Waals surface area contributed by atoms with E-state index in [-0.39, 0.29) is 136 Å². The third-order valence-corrected chi connectivity index (χ3v) is 0.549.